The minimum atomic E-state index is -6.34. The van der Waals surface area contributed by atoms with E-state index in [4.69, 9.17) is 0 Å². The average Bonchev–Trinajstić information content (AvgIpc) is 2.83. The monoisotopic (exact) mass is 473 g/mol. The molecule has 0 aromatic carbocycles. The number of nitrogens with zero attached hydrogens (tertiary/aromatic N) is 3. The maximum atomic E-state index is 13.9. The van der Waals surface area contributed by atoms with Gasteiger partial charge in [-0.3, -0.25) is 9.88 Å². The molecule has 2 aliphatic rings. The number of hydrogen-bond donors (Lipinski definition) is 0. The van der Waals surface area contributed by atoms with Gasteiger partial charge in [0.1, 0.15) is 0 Å². The number of halogens is 8. The minimum Gasteiger partial charge on any atom is -0.291 e. The van der Waals surface area contributed by atoms with Crippen molar-refractivity contribution in [3.8, 4) is 6.07 Å². The van der Waals surface area contributed by atoms with Crippen LogP contribution in [0.25, 0.3) is 0 Å². The number of hydrogen-bond acceptors (Lipinski definition) is 3. The lowest BCUT2D eigenvalue weighted by molar-refractivity contribution is -0.357. The lowest BCUT2D eigenvalue weighted by Crippen LogP contribution is -2.60. The average molecular weight is 474 g/mol. The van der Waals surface area contributed by atoms with Crippen molar-refractivity contribution in [2.45, 2.75) is 61.2 Å². The molecule has 0 spiro atoms. The van der Waals surface area contributed by atoms with E-state index in [0.29, 0.717) is 22.9 Å². The highest BCUT2D eigenvalue weighted by molar-refractivity contribution is 9.10. The minimum absolute atomic E-state index is 0.0613. The third kappa shape index (κ3) is 3.38. The van der Waals surface area contributed by atoms with Gasteiger partial charge in [-0.15, -0.1) is 0 Å². The summed E-state index contributed by atoms with van der Waals surface area (Å²) in [6, 6.07) is 2.50. The molecule has 28 heavy (non-hydrogen) atoms. The smallest absolute Gasteiger partial charge is 0.291 e. The molecule has 1 aromatic rings. The number of aromatic nitrogens is 1. The summed E-state index contributed by atoms with van der Waals surface area (Å²) in [4.78, 5) is 5.02. The molecule has 2 bridgehead atoms. The number of rotatable bonds is 4. The maximum absolute atomic E-state index is 13.9. The number of pyridine rings is 1. The number of fused-ring (bicyclic) bond motifs is 2. The zero-order valence-electron chi connectivity index (χ0n) is 14.3. The van der Waals surface area contributed by atoms with E-state index in [-0.39, 0.29) is 12.8 Å². The fraction of sp³-hybridized carbons (Fsp3) is 0.647. The molecule has 2 atom stereocenters. The second-order valence-electron chi connectivity index (χ2n) is 7.33. The van der Waals surface area contributed by atoms with Gasteiger partial charge >= 0.3 is 18.0 Å². The Bertz CT molecular complexity index is 776. The lowest BCUT2D eigenvalue weighted by atomic mass is 9.71. The van der Waals surface area contributed by atoms with Crippen LogP contribution in [0.4, 0.5) is 30.7 Å². The van der Waals surface area contributed by atoms with Gasteiger partial charge < -0.3 is 0 Å². The molecule has 0 N–H and O–H groups in total. The van der Waals surface area contributed by atoms with Crippen LogP contribution < -0.4 is 0 Å². The molecule has 3 heterocycles. The second-order valence-corrected chi connectivity index (χ2v) is 8.24. The van der Waals surface area contributed by atoms with Gasteiger partial charge in [0.2, 0.25) is 0 Å². The molecule has 154 valence electrons. The molecule has 0 saturated carbocycles. The highest BCUT2D eigenvalue weighted by atomic mass is 79.9. The summed E-state index contributed by atoms with van der Waals surface area (Å²) in [5.41, 5.74) is -0.491. The number of piperidine rings is 1. The molecule has 2 fully saturated rings. The Morgan fingerprint density at radius 1 is 1.11 bits per heavy atom. The van der Waals surface area contributed by atoms with E-state index in [1.165, 1.54) is 12.4 Å². The quantitative estimate of drug-likeness (QED) is 0.573. The first-order valence-electron chi connectivity index (χ1n) is 8.43. The summed E-state index contributed by atoms with van der Waals surface area (Å²) in [5.74, 6) is -11.4. The van der Waals surface area contributed by atoms with Crippen LogP contribution in [-0.4, -0.2) is 46.5 Å². The van der Waals surface area contributed by atoms with Crippen molar-refractivity contribution in [1.29, 1.82) is 5.26 Å². The predicted molar refractivity (Wildman–Crippen MR) is 87.9 cm³/mol. The van der Waals surface area contributed by atoms with Gasteiger partial charge in [0.25, 0.3) is 0 Å². The van der Waals surface area contributed by atoms with Crippen molar-refractivity contribution >= 4 is 15.9 Å². The molecule has 1 aromatic heterocycles. The van der Waals surface area contributed by atoms with Gasteiger partial charge in [0, 0.05) is 29.0 Å². The van der Waals surface area contributed by atoms with Crippen molar-refractivity contribution in [1.82, 2.24) is 9.88 Å². The lowest BCUT2D eigenvalue weighted by Gasteiger charge is -2.45. The van der Waals surface area contributed by atoms with Gasteiger partial charge in [-0.1, -0.05) is 0 Å². The van der Waals surface area contributed by atoms with Gasteiger partial charge in [-0.05, 0) is 53.2 Å². The SMILES string of the molecule is N#CC1(c2cncc(Br)c2)CC2CCC(C1)N2CC(F)(F)C(F)(F)C(F)(F)F. The summed E-state index contributed by atoms with van der Waals surface area (Å²) < 4.78 is 92.3. The molecule has 11 heteroatoms. The standard InChI is InChI=1S/C17H15BrF7N3/c18-11-3-10(6-27-7-11)14(8-26)4-12-1-2-13(5-14)28(12)9-15(19,20)16(21,22)17(23,24)25/h3,6-7,12-13H,1-2,4-5,9H2. The van der Waals surface area contributed by atoms with Crippen LogP contribution in [0.1, 0.15) is 31.2 Å². The van der Waals surface area contributed by atoms with Gasteiger partial charge in [-0.2, -0.15) is 36.0 Å². The number of nitriles is 1. The van der Waals surface area contributed by atoms with E-state index >= 15 is 0 Å². The van der Waals surface area contributed by atoms with Crippen LogP contribution in [0.5, 0.6) is 0 Å². The van der Waals surface area contributed by atoms with Gasteiger partial charge in [0.05, 0.1) is 18.0 Å². The van der Waals surface area contributed by atoms with Crippen LogP contribution in [-0.2, 0) is 5.41 Å². The van der Waals surface area contributed by atoms with Crippen molar-refractivity contribution in [2.75, 3.05) is 6.54 Å². The van der Waals surface area contributed by atoms with E-state index in [2.05, 4.69) is 27.0 Å². The Hall–Kier alpha value is -1.41. The molecular weight excluding hydrogens is 459 g/mol. The molecule has 2 aliphatic heterocycles. The van der Waals surface area contributed by atoms with Crippen LogP contribution >= 0.6 is 15.9 Å². The molecule has 0 radical (unpaired) electrons. The third-order valence-electron chi connectivity index (χ3n) is 5.61. The first-order valence-corrected chi connectivity index (χ1v) is 9.23. The summed E-state index contributed by atoms with van der Waals surface area (Å²) in [6.07, 6.45) is -2.53. The van der Waals surface area contributed by atoms with E-state index in [9.17, 15) is 36.0 Å². The van der Waals surface area contributed by atoms with Crippen LogP contribution in [0.15, 0.2) is 22.9 Å². The fourth-order valence-electron chi connectivity index (χ4n) is 4.20. The van der Waals surface area contributed by atoms with E-state index in [1.807, 2.05) is 0 Å². The molecule has 0 aliphatic carbocycles. The highest BCUT2D eigenvalue weighted by Crippen LogP contribution is 2.51. The third-order valence-corrected chi connectivity index (χ3v) is 6.04. The first kappa shape index (κ1) is 21.3. The van der Waals surface area contributed by atoms with Gasteiger partial charge in [0.15, 0.2) is 0 Å². The Labute approximate surface area is 164 Å². The van der Waals surface area contributed by atoms with Crippen molar-refractivity contribution in [2.24, 2.45) is 0 Å². The van der Waals surface area contributed by atoms with Crippen molar-refractivity contribution < 1.29 is 30.7 Å². The predicted octanol–water partition coefficient (Wildman–Crippen LogP) is 5.07. The Morgan fingerprint density at radius 2 is 1.68 bits per heavy atom. The second kappa shape index (κ2) is 6.83. The first-order chi connectivity index (χ1) is 12.8. The van der Waals surface area contributed by atoms with Crippen LogP contribution in [0.3, 0.4) is 0 Å². The molecule has 3 nitrogen and oxygen atoms in total. The van der Waals surface area contributed by atoms with Crippen LogP contribution in [0, 0.1) is 11.3 Å². The van der Waals surface area contributed by atoms with Crippen molar-refractivity contribution in [3.63, 3.8) is 0 Å². The van der Waals surface area contributed by atoms with Crippen LogP contribution in [0.2, 0.25) is 0 Å². The topological polar surface area (TPSA) is 39.9 Å². The highest BCUT2D eigenvalue weighted by Gasteiger charge is 2.73. The largest absolute Gasteiger partial charge is 0.459 e. The summed E-state index contributed by atoms with van der Waals surface area (Å²) in [6.45, 7) is -1.70. The fourth-order valence-corrected chi connectivity index (χ4v) is 4.57. The molecule has 0 amide bonds. The Balaban J connectivity index is 1.85. The molecule has 3 rings (SSSR count). The summed E-state index contributed by atoms with van der Waals surface area (Å²) >= 11 is 3.25. The van der Waals surface area contributed by atoms with E-state index in [0.717, 1.165) is 4.90 Å². The van der Waals surface area contributed by atoms with E-state index < -0.39 is 42.1 Å². The molecule has 2 saturated heterocycles. The summed E-state index contributed by atoms with van der Waals surface area (Å²) in [5, 5.41) is 9.78. The molecule has 2 unspecified atom stereocenters. The van der Waals surface area contributed by atoms with E-state index in [1.54, 1.807) is 6.07 Å². The normalized spacial score (nSPS) is 29.0. The Morgan fingerprint density at radius 3 is 2.14 bits per heavy atom. The van der Waals surface area contributed by atoms with Crippen molar-refractivity contribution in [3.05, 3.63) is 28.5 Å². The maximum Gasteiger partial charge on any atom is 0.459 e. The summed E-state index contributed by atoms with van der Waals surface area (Å²) in [7, 11) is 0. The molecular formula is C17H15BrF7N3. The zero-order valence-corrected chi connectivity index (χ0v) is 15.9. The number of alkyl halides is 7. The van der Waals surface area contributed by atoms with Gasteiger partial charge in [-0.25, -0.2) is 0 Å². The Kier molecular flexibility index (Phi) is 5.20. The zero-order chi connectivity index (χ0) is 21.0.